The molecule has 0 rings (SSSR count). The number of likely N-dealkylation sites (N-methyl/N-ethyl adjacent to an activating group) is 1. The Morgan fingerprint density at radius 1 is 1.31 bits per heavy atom. The molecule has 4 heteroatoms. The zero-order chi connectivity index (χ0) is 10.5. The summed E-state index contributed by atoms with van der Waals surface area (Å²) in [6, 6.07) is 0. The topological polar surface area (TPSA) is 50.4 Å². The van der Waals surface area contributed by atoms with Gasteiger partial charge in [-0.25, -0.2) is 4.79 Å². The van der Waals surface area contributed by atoms with Gasteiger partial charge in [-0.05, 0) is 20.8 Å². The lowest BCUT2D eigenvalue weighted by atomic mass is 10.2. The molecule has 0 saturated carbocycles. The molecule has 0 saturated heterocycles. The van der Waals surface area contributed by atoms with Gasteiger partial charge in [-0.1, -0.05) is 0 Å². The van der Waals surface area contributed by atoms with Crippen molar-refractivity contribution in [1.82, 2.24) is 10.6 Å². The zero-order valence-electron chi connectivity index (χ0n) is 8.89. The smallest absolute Gasteiger partial charge is 0.356 e. The summed E-state index contributed by atoms with van der Waals surface area (Å²) >= 11 is 0. The van der Waals surface area contributed by atoms with Crippen LogP contribution in [0.3, 0.4) is 0 Å². The molecule has 0 aromatic heterocycles. The molecule has 0 aliphatic rings. The van der Waals surface area contributed by atoms with E-state index in [1.165, 1.54) is 0 Å². The van der Waals surface area contributed by atoms with E-state index in [9.17, 15) is 4.79 Å². The minimum atomic E-state index is -0.458. The molecule has 0 aromatic rings. The summed E-state index contributed by atoms with van der Waals surface area (Å²) in [5, 5.41) is 5.51. The minimum absolute atomic E-state index is 0.357. The summed E-state index contributed by atoms with van der Waals surface area (Å²) in [6.45, 7) is 5.49. The van der Waals surface area contributed by atoms with Gasteiger partial charge in [0, 0.05) is 20.3 Å². The fraction of sp³-hybridized carbons (Fsp3) is 0.667. The van der Waals surface area contributed by atoms with Gasteiger partial charge in [-0.2, -0.15) is 0 Å². The van der Waals surface area contributed by atoms with E-state index in [0.29, 0.717) is 5.70 Å². The van der Waals surface area contributed by atoms with E-state index in [-0.39, 0.29) is 5.97 Å². The highest BCUT2D eigenvalue weighted by Crippen LogP contribution is 2.08. The molecular formula is C9H18N2O2. The molecular weight excluding hydrogens is 168 g/mol. The largest absolute Gasteiger partial charge is 0.455 e. The highest BCUT2D eigenvalue weighted by atomic mass is 16.6. The van der Waals surface area contributed by atoms with Gasteiger partial charge in [-0.3, -0.25) is 0 Å². The van der Waals surface area contributed by atoms with Crippen LogP contribution in [0.5, 0.6) is 0 Å². The van der Waals surface area contributed by atoms with Crippen LogP contribution in [0.25, 0.3) is 0 Å². The van der Waals surface area contributed by atoms with Crippen molar-refractivity contribution in [1.29, 1.82) is 0 Å². The molecule has 0 aliphatic carbocycles. The van der Waals surface area contributed by atoms with Crippen molar-refractivity contribution in [3.63, 3.8) is 0 Å². The first kappa shape index (κ1) is 11.8. The second kappa shape index (κ2) is 4.74. The first-order valence-electron chi connectivity index (χ1n) is 4.19. The minimum Gasteiger partial charge on any atom is -0.455 e. The Morgan fingerprint density at radius 3 is 2.15 bits per heavy atom. The van der Waals surface area contributed by atoms with E-state index in [2.05, 4.69) is 10.6 Å². The Labute approximate surface area is 79.3 Å². The molecule has 0 radical (unpaired) electrons. The molecule has 0 fully saturated rings. The molecule has 4 nitrogen and oxygen atoms in total. The molecule has 0 unspecified atom stereocenters. The van der Waals surface area contributed by atoms with E-state index in [1.807, 2.05) is 20.8 Å². The van der Waals surface area contributed by atoms with Gasteiger partial charge in [-0.15, -0.1) is 0 Å². The highest BCUT2D eigenvalue weighted by molar-refractivity contribution is 5.87. The van der Waals surface area contributed by atoms with Crippen LogP contribution in [-0.4, -0.2) is 25.7 Å². The summed E-state index contributed by atoms with van der Waals surface area (Å²) < 4.78 is 5.13. The van der Waals surface area contributed by atoms with Crippen LogP contribution in [0.2, 0.25) is 0 Å². The molecule has 76 valence electrons. The number of rotatable bonds is 3. The number of carbonyl (C=O) groups is 1. The van der Waals surface area contributed by atoms with Crippen LogP contribution in [0, 0.1) is 0 Å². The SMILES string of the molecule is CN/C=C(/NC)C(=O)OC(C)(C)C. The fourth-order valence-corrected chi connectivity index (χ4v) is 0.711. The maximum Gasteiger partial charge on any atom is 0.356 e. The van der Waals surface area contributed by atoms with Crippen LogP contribution in [0.4, 0.5) is 0 Å². The van der Waals surface area contributed by atoms with Crippen molar-refractivity contribution in [2.24, 2.45) is 0 Å². The van der Waals surface area contributed by atoms with Crippen LogP contribution in [-0.2, 0) is 9.53 Å². The number of ether oxygens (including phenoxy) is 1. The van der Waals surface area contributed by atoms with Crippen molar-refractivity contribution in [3.05, 3.63) is 11.9 Å². The molecule has 0 bridgehead atoms. The third-order valence-corrected chi connectivity index (χ3v) is 1.18. The van der Waals surface area contributed by atoms with E-state index in [4.69, 9.17) is 4.74 Å². The maximum atomic E-state index is 11.4. The van der Waals surface area contributed by atoms with E-state index >= 15 is 0 Å². The van der Waals surface area contributed by atoms with Crippen LogP contribution in [0.15, 0.2) is 11.9 Å². The molecule has 0 amide bonds. The van der Waals surface area contributed by atoms with Gasteiger partial charge >= 0.3 is 5.97 Å². The van der Waals surface area contributed by atoms with Crippen LogP contribution in [0.1, 0.15) is 20.8 Å². The quantitative estimate of drug-likeness (QED) is 0.501. The monoisotopic (exact) mass is 186 g/mol. The third kappa shape index (κ3) is 5.11. The molecule has 0 aliphatic heterocycles. The molecule has 0 heterocycles. The average Bonchev–Trinajstić information content (AvgIpc) is 1.96. The Bertz CT molecular complexity index is 204. The normalized spacial score (nSPS) is 12.2. The van der Waals surface area contributed by atoms with Gasteiger partial charge in [0.05, 0.1) is 0 Å². The van der Waals surface area contributed by atoms with E-state index in [0.717, 1.165) is 0 Å². The predicted octanol–water partition coefficient (Wildman–Crippen LogP) is 0.608. The summed E-state index contributed by atoms with van der Waals surface area (Å²) in [4.78, 5) is 11.4. The Balaban J connectivity index is 4.32. The highest BCUT2D eigenvalue weighted by Gasteiger charge is 2.18. The summed E-state index contributed by atoms with van der Waals surface area (Å²) in [7, 11) is 3.40. The second-order valence-corrected chi connectivity index (χ2v) is 3.60. The zero-order valence-corrected chi connectivity index (χ0v) is 8.89. The molecule has 0 aromatic carbocycles. The van der Waals surface area contributed by atoms with Crippen molar-refractivity contribution in [2.45, 2.75) is 26.4 Å². The lowest BCUT2D eigenvalue weighted by Crippen LogP contribution is -2.29. The lowest BCUT2D eigenvalue weighted by molar-refractivity contribution is -0.150. The van der Waals surface area contributed by atoms with Gasteiger partial charge in [0.2, 0.25) is 0 Å². The number of hydrogen-bond acceptors (Lipinski definition) is 4. The van der Waals surface area contributed by atoms with Gasteiger partial charge < -0.3 is 15.4 Å². The van der Waals surface area contributed by atoms with Crippen molar-refractivity contribution in [2.75, 3.05) is 14.1 Å². The van der Waals surface area contributed by atoms with Gasteiger partial charge in [0.25, 0.3) is 0 Å². The molecule has 2 N–H and O–H groups in total. The predicted molar refractivity (Wildman–Crippen MR) is 52.0 cm³/mol. The number of hydrogen-bond donors (Lipinski definition) is 2. The molecule has 0 atom stereocenters. The maximum absolute atomic E-state index is 11.4. The fourth-order valence-electron chi connectivity index (χ4n) is 0.711. The number of carbonyl (C=O) groups excluding carboxylic acids is 1. The molecule has 0 spiro atoms. The second-order valence-electron chi connectivity index (χ2n) is 3.60. The average molecular weight is 186 g/mol. The first-order valence-corrected chi connectivity index (χ1v) is 4.19. The number of esters is 1. The van der Waals surface area contributed by atoms with Gasteiger partial charge in [0.1, 0.15) is 11.3 Å². The van der Waals surface area contributed by atoms with Crippen molar-refractivity contribution >= 4 is 5.97 Å². The summed E-state index contributed by atoms with van der Waals surface area (Å²) in [5.74, 6) is -0.357. The van der Waals surface area contributed by atoms with E-state index < -0.39 is 5.60 Å². The molecule has 13 heavy (non-hydrogen) atoms. The summed E-state index contributed by atoms with van der Waals surface area (Å²) in [5.41, 5.74) is -0.0433. The standard InChI is InChI=1S/C9H18N2O2/c1-9(2,3)13-8(12)7(11-5)6-10-4/h6,10-11H,1-5H3/b7-6+. The van der Waals surface area contributed by atoms with Crippen LogP contribution >= 0.6 is 0 Å². The number of nitrogens with one attached hydrogen (secondary N) is 2. The van der Waals surface area contributed by atoms with Crippen molar-refractivity contribution < 1.29 is 9.53 Å². The third-order valence-electron chi connectivity index (χ3n) is 1.18. The lowest BCUT2D eigenvalue weighted by Gasteiger charge is -2.20. The van der Waals surface area contributed by atoms with Crippen LogP contribution < -0.4 is 10.6 Å². The van der Waals surface area contributed by atoms with E-state index in [1.54, 1.807) is 20.3 Å². The van der Waals surface area contributed by atoms with Gasteiger partial charge in [0.15, 0.2) is 0 Å². The Hall–Kier alpha value is -1.19. The Kier molecular flexibility index (Phi) is 4.31. The first-order chi connectivity index (χ1) is 5.90. The Morgan fingerprint density at radius 2 is 1.85 bits per heavy atom. The van der Waals surface area contributed by atoms with Crippen molar-refractivity contribution in [3.8, 4) is 0 Å². The summed E-state index contributed by atoms with van der Waals surface area (Å²) in [6.07, 6.45) is 1.56.